The Kier molecular flexibility index (Phi) is 2.88. The molecular formula is C13H12OS. The van der Waals surface area contributed by atoms with Crippen molar-refractivity contribution in [3.8, 4) is 0 Å². The maximum Gasteiger partial charge on any atom is 0.111 e. The molecule has 0 N–H and O–H groups in total. The number of benzene rings is 1. The fraction of sp³-hybridized carbons (Fsp3) is 0.0769. The van der Waals surface area contributed by atoms with Crippen molar-refractivity contribution in [2.45, 2.75) is 0 Å². The first-order valence-corrected chi connectivity index (χ1v) is 5.56. The number of methoxy groups -OCH3 is 1. The van der Waals surface area contributed by atoms with E-state index in [2.05, 4.69) is 36.2 Å². The first-order chi connectivity index (χ1) is 7.29. The third-order valence-corrected chi connectivity index (χ3v) is 3.10. The van der Waals surface area contributed by atoms with Gasteiger partial charge in [0.2, 0.25) is 0 Å². The summed E-state index contributed by atoms with van der Waals surface area (Å²) in [6.45, 7) is 3.73. The van der Waals surface area contributed by atoms with Gasteiger partial charge in [0.15, 0.2) is 0 Å². The lowest BCUT2D eigenvalue weighted by molar-refractivity contribution is 0.309. The first kappa shape index (κ1) is 9.99. The van der Waals surface area contributed by atoms with Crippen molar-refractivity contribution >= 4 is 27.5 Å². The molecule has 1 heterocycles. The fourth-order valence-corrected chi connectivity index (χ4v) is 2.12. The van der Waals surface area contributed by atoms with Gasteiger partial charge in [0, 0.05) is 4.70 Å². The highest BCUT2D eigenvalue weighted by molar-refractivity contribution is 7.17. The Labute approximate surface area is 93.3 Å². The van der Waals surface area contributed by atoms with Gasteiger partial charge in [0.05, 0.1) is 7.11 Å². The van der Waals surface area contributed by atoms with Gasteiger partial charge in [-0.1, -0.05) is 18.7 Å². The molecule has 0 saturated carbocycles. The van der Waals surface area contributed by atoms with Crippen molar-refractivity contribution in [1.29, 1.82) is 0 Å². The van der Waals surface area contributed by atoms with Crippen LogP contribution >= 0.6 is 11.3 Å². The molecule has 1 aromatic carbocycles. The van der Waals surface area contributed by atoms with Crippen molar-refractivity contribution in [3.63, 3.8) is 0 Å². The van der Waals surface area contributed by atoms with E-state index in [-0.39, 0.29) is 0 Å². The fourth-order valence-electron chi connectivity index (χ4n) is 1.35. The Hall–Kier alpha value is -1.54. The molecule has 0 bridgehead atoms. The number of rotatable bonds is 3. The van der Waals surface area contributed by atoms with E-state index in [1.165, 1.54) is 15.6 Å². The Morgan fingerprint density at radius 2 is 2.27 bits per heavy atom. The molecule has 0 aliphatic rings. The monoisotopic (exact) mass is 216 g/mol. The predicted octanol–water partition coefficient (Wildman–Crippen LogP) is 4.07. The molecule has 0 radical (unpaired) electrons. The summed E-state index contributed by atoms with van der Waals surface area (Å²) >= 11 is 1.76. The topological polar surface area (TPSA) is 9.23 Å². The van der Waals surface area contributed by atoms with E-state index < -0.39 is 0 Å². The molecule has 0 unspecified atom stereocenters. The molecule has 2 rings (SSSR count). The summed E-state index contributed by atoms with van der Waals surface area (Å²) < 4.78 is 6.28. The highest BCUT2D eigenvalue weighted by atomic mass is 32.1. The van der Waals surface area contributed by atoms with Crippen LogP contribution in [-0.4, -0.2) is 7.11 Å². The number of thiophene rings is 1. The molecule has 2 aromatic rings. The lowest BCUT2D eigenvalue weighted by Gasteiger charge is -1.97. The zero-order chi connectivity index (χ0) is 10.7. The molecule has 0 fully saturated rings. The molecule has 76 valence electrons. The predicted molar refractivity (Wildman–Crippen MR) is 67.0 cm³/mol. The zero-order valence-corrected chi connectivity index (χ0v) is 9.38. The third kappa shape index (κ3) is 2.28. The van der Waals surface area contributed by atoms with E-state index in [1.54, 1.807) is 18.4 Å². The van der Waals surface area contributed by atoms with Crippen molar-refractivity contribution in [2.75, 3.05) is 7.11 Å². The number of fused-ring (bicyclic) bond motifs is 1. The van der Waals surface area contributed by atoms with Gasteiger partial charge in [-0.05, 0) is 40.6 Å². The quantitative estimate of drug-likeness (QED) is 0.555. The van der Waals surface area contributed by atoms with Crippen LogP contribution in [0.5, 0.6) is 0 Å². The standard InChI is InChI=1S/C13H12OS/c1-10(14-2)3-4-11-5-6-13-12(9-11)7-8-15-13/h3-9H,1H2,2H3/b4-3-. The van der Waals surface area contributed by atoms with E-state index in [4.69, 9.17) is 4.74 Å². The molecule has 0 amide bonds. The summed E-state index contributed by atoms with van der Waals surface area (Å²) in [6, 6.07) is 8.52. The van der Waals surface area contributed by atoms with Crippen molar-refractivity contribution < 1.29 is 4.74 Å². The Morgan fingerprint density at radius 1 is 1.40 bits per heavy atom. The molecular weight excluding hydrogens is 204 g/mol. The van der Waals surface area contributed by atoms with Crippen molar-refractivity contribution in [1.82, 2.24) is 0 Å². The first-order valence-electron chi connectivity index (χ1n) is 4.68. The summed E-state index contributed by atoms with van der Waals surface area (Å²) in [6.07, 6.45) is 3.87. The summed E-state index contributed by atoms with van der Waals surface area (Å²) in [7, 11) is 1.62. The SMILES string of the molecule is C=C(/C=C\c1ccc2sccc2c1)OC. The van der Waals surface area contributed by atoms with E-state index >= 15 is 0 Å². The van der Waals surface area contributed by atoms with Crippen molar-refractivity contribution in [2.24, 2.45) is 0 Å². The molecule has 0 aliphatic heterocycles. The van der Waals surface area contributed by atoms with Crippen LogP contribution in [0.15, 0.2) is 48.1 Å². The largest absolute Gasteiger partial charge is 0.497 e. The average molecular weight is 216 g/mol. The van der Waals surface area contributed by atoms with Gasteiger partial charge in [-0.2, -0.15) is 0 Å². The molecule has 0 aliphatic carbocycles. The van der Waals surface area contributed by atoms with Crippen LogP contribution in [0.4, 0.5) is 0 Å². The Morgan fingerprint density at radius 3 is 3.07 bits per heavy atom. The zero-order valence-electron chi connectivity index (χ0n) is 8.57. The van der Waals surface area contributed by atoms with Crippen LogP contribution in [0.25, 0.3) is 16.2 Å². The number of hydrogen-bond acceptors (Lipinski definition) is 2. The van der Waals surface area contributed by atoms with E-state index in [0.717, 1.165) is 0 Å². The molecule has 0 spiro atoms. The van der Waals surface area contributed by atoms with Crippen LogP contribution in [-0.2, 0) is 4.74 Å². The van der Waals surface area contributed by atoms with Crippen molar-refractivity contribution in [3.05, 3.63) is 53.6 Å². The van der Waals surface area contributed by atoms with Gasteiger partial charge in [-0.25, -0.2) is 0 Å². The maximum atomic E-state index is 4.97. The minimum Gasteiger partial charge on any atom is -0.497 e. The number of hydrogen-bond donors (Lipinski definition) is 0. The minimum atomic E-state index is 0.667. The van der Waals surface area contributed by atoms with E-state index in [9.17, 15) is 0 Å². The van der Waals surface area contributed by atoms with Gasteiger partial charge in [-0.15, -0.1) is 11.3 Å². The highest BCUT2D eigenvalue weighted by Crippen LogP contribution is 2.22. The number of allylic oxidation sites excluding steroid dienone is 1. The van der Waals surface area contributed by atoms with Gasteiger partial charge in [0.1, 0.15) is 5.76 Å². The molecule has 15 heavy (non-hydrogen) atoms. The van der Waals surface area contributed by atoms with Gasteiger partial charge in [-0.3, -0.25) is 0 Å². The summed E-state index contributed by atoms with van der Waals surface area (Å²) in [5.41, 5.74) is 1.17. The second-order valence-electron chi connectivity index (χ2n) is 3.22. The third-order valence-electron chi connectivity index (χ3n) is 2.20. The highest BCUT2D eigenvalue weighted by Gasteiger charge is 1.94. The molecule has 1 nitrogen and oxygen atoms in total. The minimum absolute atomic E-state index is 0.667. The second-order valence-corrected chi connectivity index (χ2v) is 4.17. The molecule has 1 aromatic heterocycles. The Balaban J connectivity index is 2.28. The molecule has 0 atom stereocenters. The van der Waals surface area contributed by atoms with E-state index in [0.29, 0.717) is 5.76 Å². The summed E-state index contributed by atoms with van der Waals surface area (Å²) in [5, 5.41) is 3.39. The van der Waals surface area contributed by atoms with Crippen LogP contribution in [0.1, 0.15) is 5.56 Å². The Bertz CT molecular complexity index is 508. The summed E-state index contributed by atoms with van der Waals surface area (Å²) in [4.78, 5) is 0. The lowest BCUT2D eigenvalue weighted by atomic mass is 10.1. The number of ether oxygens (including phenoxy) is 1. The second kappa shape index (κ2) is 4.32. The lowest BCUT2D eigenvalue weighted by Crippen LogP contribution is -1.77. The molecule has 0 saturated heterocycles. The molecule has 2 heteroatoms. The maximum absolute atomic E-state index is 4.97. The smallest absolute Gasteiger partial charge is 0.111 e. The summed E-state index contributed by atoms with van der Waals surface area (Å²) in [5.74, 6) is 0.667. The average Bonchev–Trinajstić information content (AvgIpc) is 2.72. The van der Waals surface area contributed by atoms with E-state index in [1.807, 2.05) is 12.2 Å². The normalized spacial score (nSPS) is 11.0. The van der Waals surface area contributed by atoms with Crippen LogP contribution in [0.2, 0.25) is 0 Å². The van der Waals surface area contributed by atoms with Gasteiger partial charge in [0.25, 0.3) is 0 Å². The van der Waals surface area contributed by atoms with Gasteiger partial charge < -0.3 is 4.74 Å². The van der Waals surface area contributed by atoms with Crippen LogP contribution in [0.3, 0.4) is 0 Å². The van der Waals surface area contributed by atoms with Crippen LogP contribution < -0.4 is 0 Å². The van der Waals surface area contributed by atoms with Crippen LogP contribution in [0, 0.1) is 0 Å². The van der Waals surface area contributed by atoms with Gasteiger partial charge >= 0.3 is 0 Å².